The molecule has 0 spiro atoms. The highest BCUT2D eigenvalue weighted by Crippen LogP contribution is 2.37. The van der Waals surface area contributed by atoms with E-state index in [0.29, 0.717) is 22.2 Å². The molecule has 0 aliphatic rings. The van der Waals surface area contributed by atoms with Gasteiger partial charge in [0.15, 0.2) is 23.0 Å². The molecule has 138 valence electrons. The maximum absolute atomic E-state index is 11.8. The Bertz CT molecular complexity index is 1090. The summed E-state index contributed by atoms with van der Waals surface area (Å²) in [4.78, 5) is 16.2. The predicted molar refractivity (Wildman–Crippen MR) is 104 cm³/mol. The molecule has 0 bridgehead atoms. The van der Waals surface area contributed by atoms with Gasteiger partial charge in [0.05, 0.1) is 17.8 Å². The zero-order valence-electron chi connectivity index (χ0n) is 14.5. The summed E-state index contributed by atoms with van der Waals surface area (Å²) >= 11 is 6.00. The monoisotopic (exact) mass is 385 g/mol. The zero-order chi connectivity index (χ0) is 19.7. The summed E-state index contributed by atoms with van der Waals surface area (Å²) in [5.41, 5.74) is 1.68. The van der Waals surface area contributed by atoms with Gasteiger partial charge in [-0.1, -0.05) is 17.7 Å². The van der Waals surface area contributed by atoms with Gasteiger partial charge in [0.2, 0.25) is 5.75 Å². The number of methoxy groups -OCH3 is 1. The van der Waals surface area contributed by atoms with Crippen molar-refractivity contribution < 1.29 is 24.9 Å². The molecule has 0 aliphatic carbocycles. The van der Waals surface area contributed by atoms with Gasteiger partial charge < -0.3 is 20.1 Å². The Balaban J connectivity index is 2.06. The van der Waals surface area contributed by atoms with E-state index in [-0.39, 0.29) is 39.3 Å². The summed E-state index contributed by atoms with van der Waals surface area (Å²) in [5.74, 6) is -0.892. The van der Waals surface area contributed by atoms with Gasteiger partial charge >= 0.3 is 0 Å². The number of aromatic nitrogens is 1. The fourth-order valence-electron chi connectivity index (χ4n) is 2.69. The van der Waals surface area contributed by atoms with Crippen molar-refractivity contribution in [3.05, 3.63) is 52.2 Å². The first kappa shape index (κ1) is 18.5. The predicted octanol–water partition coefficient (Wildman–Crippen LogP) is 4.39. The lowest BCUT2D eigenvalue weighted by molar-refractivity contribution is 0.101. The smallest absolute Gasteiger partial charge is 0.200 e. The number of pyridine rings is 1. The average molecular weight is 386 g/mol. The van der Waals surface area contributed by atoms with Gasteiger partial charge in [0.1, 0.15) is 5.52 Å². The quantitative estimate of drug-likeness (QED) is 0.455. The number of benzene rings is 2. The van der Waals surface area contributed by atoms with Crippen molar-refractivity contribution in [2.24, 2.45) is 0 Å². The van der Waals surface area contributed by atoms with Crippen molar-refractivity contribution in [1.29, 1.82) is 0 Å². The molecule has 3 aromatic rings. The van der Waals surface area contributed by atoms with Crippen LogP contribution in [-0.2, 0) is 0 Å². The molecule has 6 nitrogen and oxygen atoms in total. The molecule has 3 rings (SSSR count). The summed E-state index contributed by atoms with van der Waals surface area (Å²) in [6, 6.07) is 7.72. The minimum absolute atomic E-state index is 0.0505. The summed E-state index contributed by atoms with van der Waals surface area (Å²) in [6.07, 6.45) is 3.31. The molecule has 0 saturated carbocycles. The second-order valence-electron chi connectivity index (χ2n) is 5.87. The van der Waals surface area contributed by atoms with Crippen molar-refractivity contribution in [2.45, 2.75) is 6.92 Å². The van der Waals surface area contributed by atoms with Crippen LogP contribution in [0.15, 0.2) is 30.3 Å². The number of phenolic OH excluding ortho intramolecular Hbond substituents is 3. The maximum atomic E-state index is 11.8. The number of hydrogen-bond donors (Lipinski definition) is 3. The summed E-state index contributed by atoms with van der Waals surface area (Å²) < 4.78 is 5.00. The zero-order valence-corrected chi connectivity index (χ0v) is 15.3. The second kappa shape index (κ2) is 7.17. The van der Waals surface area contributed by atoms with E-state index >= 15 is 0 Å². The fraction of sp³-hybridized carbons (Fsp3) is 0.100. The van der Waals surface area contributed by atoms with Crippen LogP contribution < -0.4 is 4.74 Å². The van der Waals surface area contributed by atoms with Crippen LogP contribution >= 0.6 is 11.6 Å². The molecule has 7 heteroatoms. The second-order valence-corrected chi connectivity index (χ2v) is 6.27. The minimum Gasteiger partial charge on any atom is -0.504 e. The number of nitrogens with zero attached hydrogens (tertiary/aromatic N) is 1. The Morgan fingerprint density at radius 1 is 1.11 bits per heavy atom. The van der Waals surface area contributed by atoms with E-state index in [9.17, 15) is 20.1 Å². The van der Waals surface area contributed by atoms with Gasteiger partial charge in [-0.05, 0) is 48.9 Å². The molecule has 0 atom stereocenters. The number of carbonyl (C=O) groups is 1. The van der Waals surface area contributed by atoms with Crippen LogP contribution in [0.1, 0.15) is 28.5 Å². The van der Waals surface area contributed by atoms with E-state index in [4.69, 9.17) is 16.3 Å². The summed E-state index contributed by atoms with van der Waals surface area (Å²) in [7, 11) is 1.38. The first-order valence-electron chi connectivity index (χ1n) is 7.93. The van der Waals surface area contributed by atoms with Crippen LogP contribution in [0.4, 0.5) is 0 Å². The standard InChI is InChI=1S/C20H16ClNO5/c1-10(23)14-9-15(21)19(25)18-13(14)6-5-12(22-18)4-3-11-7-16(24)20(26)17(8-11)27-2/h3-9,24-26H,1-2H3/b4-3+. The molecule has 0 fully saturated rings. The fourth-order valence-corrected chi connectivity index (χ4v) is 2.89. The van der Waals surface area contributed by atoms with E-state index in [1.54, 1.807) is 30.4 Å². The van der Waals surface area contributed by atoms with Gasteiger partial charge in [0.25, 0.3) is 0 Å². The van der Waals surface area contributed by atoms with Crippen molar-refractivity contribution in [3.63, 3.8) is 0 Å². The SMILES string of the molecule is COc1cc(/C=C/c2ccc3c(C(C)=O)cc(Cl)c(O)c3n2)cc(O)c1O. The molecule has 3 N–H and O–H groups in total. The highest BCUT2D eigenvalue weighted by atomic mass is 35.5. The average Bonchev–Trinajstić information content (AvgIpc) is 2.65. The van der Waals surface area contributed by atoms with Crippen molar-refractivity contribution in [2.75, 3.05) is 7.11 Å². The number of fused-ring (bicyclic) bond motifs is 1. The molecular formula is C20H16ClNO5. The van der Waals surface area contributed by atoms with Gasteiger partial charge in [-0.25, -0.2) is 4.98 Å². The molecule has 1 heterocycles. The highest BCUT2D eigenvalue weighted by Gasteiger charge is 2.14. The number of phenols is 3. The van der Waals surface area contributed by atoms with Gasteiger partial charge in [0, 0.05) is 10.9 Å². The van der Waals surface area contributed by atoms with Gasteiger partial charge in [-0.15, -0.1) is 0 Å². The lowest BCUT2D eigenvalue weighted by Gasteiger charge is -2.08. The topological polar surface area (TPSA) is 99.9 Å². The summed E-state index contributed by atoms with van der Waals surface area (Å²) in [6.45, 7) is 1.42. The first-order valence-corrected chi connectivity index (χ1v) is 8.30. The molecule has 0 unspecified atom stereocenters. The third-order valence-electron chi connectivity index (χ3n) is 4.05. The largest absolute Gasteiger partial charge is 0.504 e. The van der Waals surface area contributed by atoms with Crippen LogP contribution in [0.2, 0.25) is 5.02 Å². The van der Waals surface area contributed by atoms with Gasteiger partial charge in [-0.3, -0.25) is 4.79 Å². The first-order chi connectivity index (χ1) is 12.8. The minimum atomic E-state index is -0.338. The van der Waals surface area contributed by atoms with Crippen LogP contribution in [-0.4, -0.2) is 33.2 Å². The molecule has 0 radical (unpaired) electrons. The lowest BCUT2D eigenvalue weighted by atomic mass is 10.0. The van der Waals surface area contributed by atoms with E-state index < -0.39 is 0 Å². The number of rotatable bonds is 4. The number of ketones is 1. The van der Waals surface area contributed by atoms with Crippen LogP contribution in [0.5, 0.6) is 23.0 Å². The Labute approximate surface area is 159 Å². The maximum Gasteiger partial charge on any atom is 0.200 e. The van der Waals surface area contributed by atoms with E-state index in [0.717, 1.165) is 0 Å². The van der Waals surface area contributed by atoms with Crippen LogP contribution in [0.25, 0.3) is 23.1 Å². The normalized spacial score (nSPS) is 11.2. The van der Waals surface area contributed by atoms with Gasteiger partial charge in [-0.2, -0.15) is 0 Å². The molecule has 0 aliphatic heterocycles. The van der Waals surface area contributed by atoms with Crippen LogP contribution in [0, 0.1) is 0 Å². The number of halogens is 1. The third kappa shape index (κ3) is 3.52. The number of Topliss-reactive ketones (excluding diaryl/α,β-unsaturated/α-hetero) is 1. The lowest BCUT2D eigenvalue weighted by Crippen LogP contribution is -1.96. The van der Waals surface area contributed by atoms with Crippen molar-refractivity contribution in [3.8, 4) is 23.0 Å². The van der Waals surface area contributed by atoms with Crippen molar-refractivity contribution in [1.82, 2.24) is 4.98 Å². The van der Waals surface area contributed by atoms with E-state index in [2.05, 4.69) is 4.98 Å². The number of aromatic hydroxyl groups is 3. The van der Waals surface area contributed by atoms with E-state index in [1.807, 2.05) is 0 Å². The Hall–Kier alpha value is -3.25. The Morgan fingerprint density at radius 3 is 2.52 bits per heavy atom. The third-order valence-corrected chi connectivity index (χ3v) is 4.34. The number of ether oxygens (including phenoxy) is 1. The molecular weight excluding hydrogens is 370 g/mol. The Morgan fingerprint density at radius 2 is 1.85 bits per heavy atom. The molecule has 1 aromatic heterocycles. The Kier molecular flexibility index (Phi) is 4.92. The van der Waals surface area contributed by atoms with E-state index in [1.165, 1.54) is 26.2 Å². The molecule has 2 aromatic carbocycles. The highest BCUT2D eigenvalue weighted by molar-refractivity contribution is 6.34. The molecule has 27 heavy (non-hydrogen) atoms. The summed E-state index contributed by atoms with van der Waals surface area (Å²) in [5, 5.41) is 30.2. The number of hydrogen-bond acceptors (Lipinski definition) is 6. The molecule has 0 amide bonds. The number of carbonyl (C=O) groups excluding carboxylic acids is 1. The van der Waals surface area contributed by atoms with Crippen molar-refractivity contribution >= 4 is 40.4 Å². The molecule has 0 saturated heterocycles. The van der Waals surface area contributed by atoms with Crippen LogP contribution in [0.3, 0.4) is 0 Å².